The molecule has 0 radical (unpaired) electrons. The highest BCUT2D eigenvalue weighted by Gasteiger charge is 2.72. The number of likely N-dealkylation sites (tertiary alicyclic amines) is 1. The maximum absolute atomic E-state index is 14.9. The number of aliphatic hydroxyl groups excluding tert-OH is 1. The zero-order valence-corrected chi connectivity index (χ0v) is 29.3. The summed E-state index contributed by atoms with van der Waals surface area (Å²) >= 11 is 0. The van der Waals surface area contributed by atoms with Crippen LogP contribution >= 0.6 is 0 Å². The van der Waals surface area contributed by atoms with Gasteiger partial charge in [-0.25, -0.2) is 0 Å². The zero-order chi connectivity index (χ0) is 34.9. The minimum Gasteiger partial charge on any atom is -0.455 e. The smallest absolute Gasteiger partial charge is 0.313 e. The number of unbranched alkanes of at least 4 members (excludes halogenated alkanes) is 2. The van der Waals surface area contributed by atoms with E-state index in [1.165, 1.54) is 0 Å². The molecule has 262 valence electrons. The molecule has 0 saturated carbocycles. The molecule has 5 rings (SSSR count). The van der Waals surface area contributed by atoms with Gasteiger partial charge in [-0.05, 0) is 63.9 Å². The van der Waals surface area contributed by atoms with Crippen LogP contribution in [0.15, 0.2) is 54.6 Å². The lowest BCUT2D eigenvalue weighted by Crippen LogP contribution is -2.59. The number of carbonyl (C=O) groups is 4. The van der Waals surface area contributed by atoms with Crippen molar-refractivity contribution in [3.63, 3.8) is 0 Å². The Hall–Kier alpha value is -3.50. The molecule has 3 amide bonds. The summed E-state index contributed by atoms with van der Waals surface area (Å²) in [5.74, 6) is -3.28. The predicted octanol–water partition coefficient (Wildman–Crippen LogP) is 4.48. The van der Waals surface area contributed by atoms with Crippen LogP contribution in [0.5, 0.6) is 0 Å². The number of rotatable bonds is 8. The van der Waals surface area contributed by atoms with E-state index in [1.807, 2.05) is 53.5 Å². The van der Waals surface area contributed by atoms with Crippen molar-refractivity contribution in [1.29, 1.82) is 0 Å². The van der Waals surface area contributed by atoms with Gasteiger partial charge in [-0.2, -0.15) is 0 Å². The molecule has 0 unspecified atom stereocenters. The molecule has 2 fully saturated rings. The molecule has 0 aromatic heterocycles. The van der Waals surface area contributed by atoms with Crippen LogP contribution in [0.25, 0.3) is 0 Å². The number of ether oxygens (including phenoxy) is 2. The standard InChI is InChI=1S/C38H53N3O7/c1-25-31(26-16-9-7-10-17-26)47-35(46)29-27(18-11-12-19-28(43)39-25)48-38-20-15-22-41(37(5,6)24-36(2,3)4)34(45)32(38)40(33(44)30(29)38)21-13-8-14-23-42/h7,9-11,15-18,20,25,27,29-32,42H,8,12-14,19,21-24H2,1-6H3,(H,39,43)/b18-11-/t25-,27-,29+,30+,31+,32-,38+/m1/s1. The molecule has 2 N–H and O–H groups in total. The number of hydrogen-bond donors (Lipinski definition) is 2. The maximum Gasteiger partial charge on any atom is 0.313 e. The van der Waals surface area contributed by atoms with Crippen LogP contribution in [-0.2, 0) is 28.7 Å². The van der Waals surface area contributed by atoms with Crippen molar-refractivity contribution >= 4 is 23.7 Å². The van der Waals surface area contributed by atoms with E-state index < -0.39 is 53.2 Å². The van der Waals surface area contributed by atoms with Gasteiger partial charge in [0.1, 0.15) is 23.7 Å². The van der Waals surface area contributed by atoms with Crippen LogP contribution < -0.4 is 5.32 Å². The van der Waals surface area contributed by atoms with E-state index in [9.17, 15) is 24.3 Å². The first kappa shape index (κ1) is 35.8. The minimum atomic E-state index is -1.39. The molecule has 4 aliphatic heterocycles. The molecule has 1 aromatic rings. The molecule has 2 saturated heterocycles. The Balaban J connectivity index is 1.58. The van der Waals surface area contributed by atoms with E-state index >= 15 is 0 Å². The SMILES string of the molecule is C[C@H]1NC(=O)CC/C=C\[C@H]2O[C@]34C=CCN(C(C)(C)CC(C)(C)C)C(=O)[C@H]3N(CCCCCO)C(=O)[C@@H]4[C@H]2C(=O)O[C@@H]1c1ccccc1. The van der Waals surface area contributed by atoms with Crippen molar-refractivity contribution in [3.8, 4) is 0 Å². The number of amides is 3. The van der Waals surface area contributed by atoms with Crippen LogP contribution in [0, 0.1) is 17.3 Å². The van der Waals surface area contributed by atoms with Gasteiger partial charge in [0.25, 0.3) is 0 Å². The summed E-state index contributed by atoms with van der Waals surface area (Å²) in [4.78, 5) is 60.3. The van der Waals surface area contributed by atoms with Gasteiger partial charge in [-0.3, -0.25) is 19.2 Å². The third-order valence-corrected chi connectivity index (χ3v) is 10.1. The van der Waals surface area contributed by atoms with Crippen LogP contribution in [0.3, 0.4) is 0 Å². The molecule has 10 heteroatoms. The highest BCUT2D eigenvalue weighted by atomic mass is 16.6. The maximum atomic E-state index is 14.9. The Morgan fingerprint density at radius 1 is 0.979 bits per heavy atom. The van der Waals surface area contributed by atoms with E-state index in [0.717, 1.165) is 12.0 Å². The monoisotopic (exact) mass is 663 g/mol. The number of carbonyl (C=O) groups excluding carboxylic acids is 4. The second-order valence-electron chi connectivity index (χ2n) is 15.7. The highest BCUT2D eigenvalue weighted by molar-refractivity contribution is 5.99. The fraction of sp³-hybridized carbons (Fsp3) is 0.632. The molecule has 0 aliphatic carbocycles. The van der Waals surface area contributed by atoms with Crippen LogP contribution in [0.1, 0.15) is 91.7 Å². The minimum absolute atomic E-state index is 0.0485. The lowest BCUT2D eigenvalue weighted by Gasteiger charge is -2.44. The summed E-state index contributed by atoms with van der Waals surface area (Å²) in [5.41, 5.74) is -1.26. The number of nitrogens with one attached hydrogen (secondary N) is 1. The number of cyclic esters (lactones) is 1. The van der Waals surface area contributed by atoms with Gasteiger partial charge >= 0.3 is 5.97 Å². The Bertz CT molecular complexity index is 1420. The molecular weight excluding hydrogens is 610 g/mol. The van der Waals surface area contributed by atoms with Crippen molar-refractivity contribution in [2.45, 2.75) is 115 Å². The highest BCUT2D eigenvalue weighted by Crippen LogP contribution is 2.54. The van der Waals surface area contributed by atoms with Gasteiger partial charge in [0, 0.05) is 31.7 Å². The molecule has 7 atom stereocenters. The summed E-state index contributed by atoms with van der Waals surface area (Å²) in [7, 11) is 0. The van der Waals surface area contributed by atoms with E-state index in [4.69, 9.17) is 9.47 Å². The van der Waals surface area contributed by atoms with Gasteiger partial charge in [0.2, 0.25) is 17.7 Å². The number of hydrogen-bond acceptors (Lipinski definition) is 7. The third kappa shape index (κ3) is 7.10. The first-order chi connectivity index (χ1) is 22.7. The lowest BCUT2D eigenvalue weighted by molar-refractivity contribution is -0.161. The summed E-state index contributed by atoms with van der Waals surface area (Å²) in [6.45, 7) is 13.1. The number of allylic oxidation sites excluding steroid dienone is 1. The molecule has 4 aliphatic rings. The normalized spacial score (nSPS) is 32.0. The Morgan fingerprint density at radius 3 is 2.40 bits per heavy atom. The van der Waals surface area contributed by atoms with Crippen LogP contribution in [0.4, 0.5) is 0 Å². The third-order valence-electron chi connectivity index (χ3n) is 10.1. The number of aliphatic hydroxyl groups is 1. The van der Waals surface area contributed by atoms with Crippen molar-refractivity contribution < 1.29 is 33.8 Å². The molecule has 0 bridgehead atoms. The lowest BCUT2D eigenvalue weighted by atomic mass is 9.77. The first-order valence-electron chi connectivity index (χ1n) is 17.5. The second-order valence-corrected chi connectivity index (χ2v) is 15.7. The number of fused-ring (bicyclic) bond motifs is 2. The van der Waals surface area contributed by atoms with E-state index in [0.29, 0.717) is 38.8 Å². The molecule has 1 spiro atoms. The van der Waals surface area contributed by atoms with Crippen LogP contribution in [0.2, 0.25) is 0 Å². The quantitative estimate of drug-likeness (QED) is 0.239. The first-order valence-corrected chi connectivity index (χ1v) is 17.5. The molecule has 10 nitrogen and oxygen atoms in total. The van der Waals surface area contributed by atoms with Gasteiger partial charge in [0.05, 0.1) is 18.1 Å². The van der Waals surface area contributed by atoms with E-state index in [1.54, 1.807) is 17.9 Å². The summed E-state index contributed by atoms with van der Waals surface area (Å²) in [6.07, 6.45) is 8.98. The summed E-state index contributed by atoms with van der Waals surface area (Å²) < 4.78 is 13.1. The Kier molecular flexibility index (Phi) is 10.6. The van der Waals surface area contributed by atoms with Crippen molar-refractivity contribution in [1.82, 2.24) is 15.1 Å². The molecular formula is C38H53N3O7. The topological polar surface area (TPSA) is 125 Å². The van der Waals surface area contributed by atoms with Crippen molar-refractivity contribution in [3.05, 3.63) is 60.2 Å². The largest absolute Gasteiger partial charge is 0.455 e. The number of nitrogens with zero attached hydrogens (tertiary/aromatic N) is 2. The van der Waals surface area contributed by atoms with Gasteiger partial charge in [-0.15, -0.1) is 0 Å². The van der Waals surface area contributed by atoms with Crippen molar-refractivity contribution in [2.75, 3.05) is 19.7 Å². The zero-order valence-electron chi connectivity index (χ0n) is 29.3. The summed E-state index contributed by atoms with van der Waals surface area (Å²) in [5, 5.41) is 12.4. The van der Waals surface area contributed by atoms with E-state index in [-0.39, 0.29) is 36.2 Å². The number of esters is 1. The van der Waals surface area contributed by atoms with E-state index in [2.05, 4.69) is 39.9 Å². The average Bonchev–Trinajstić information content (AvgIpc) is 3.38. The fourth-order valence-corrected chi connectivity index (χ4v) is 8.45. The fourth-order valence-electron chi connectivity index (χ4n) is 8.45. The second kappa shape index (κ2) is 14.2. The molecule has 1 aromatic carbocycles. The predicted molar refractivity (Wildman–Crippen MR) is 181 cm³/mol. The average molecular weight is 664 g/mol. The Labute approximate surface area is 284 Å². The van der Waals surface area contributed by atoms with Crippen LogP contribution in [-0.4, -0.2) is 87.6 Å². The molecule has 48 heavy (non-hydrogen) atoms. The number of benzene rings is 1. The summed E-state index contributed by atoms with van der Waals surface area (Å²) in [6, 6.07) is 7.76. The van der Waals surface area contributed by atoms with Crippen molar-refractivity contribution in [2.24, 2.45) is 17.3 Å². The van der Waals surface area contributed by atoms with Gasteiger partial charge in [0.15, 0.2) is 0 Å². The van der Waals surface area contributed by atoms with Gasteiger partial charge in [-0.1, -0.05) is 75.4 Å². The Morgan fingerprint density at radius 2 is 1.71 bits per heavy atom. The molecule has 4 heterocycles. The van der Waals surface area contributed by atoms with Gasteiger partial charge < -0.3 is 29.7 Å².